The van der Waals surface area contributed by atoms with Gasteiger partial charge in [-0.05, 0) is 47.7 Å². The first-order chi connectivity index (χ1) is 14.9. The molecular weight excluding hydrogens is 457 g/mol. The number of halogens is 2. The highest BCUT2D eigenvalue weighted by Gasteiger charge is 2.37. The maximum Gasteiger partial charge on any atom is 0.294 e. The van der Waals surface area contributed by atoms with Gasteiger partial charge in [-0.25, -0.2) is 0 Å². The van der Waals surface area contributed by atoms with Gasteiger partial charge in [0.2, 0.25) is 5.91 Å². The van der Waals surface area contributed by atoms with Gasteiger partial charge >= 0.3 is 0 Å². The SMILES string of the molecule is O=C(CN1C(=O)SC(=Cc2ccc(Cl)c(Cl)c2)C1=O)N1CCN(c2ccccc2)CC1. The van der Waals surface area contributed by atoms with E-state index in [1.54, 1.807) is 29.2 Å². The molecule has 0 aromatic heterocycles. The fraction of sp³-hybridized carbons (Fsp3) is 0.227. The molecule has 31 heavy (non-hydrogen) atoms. The number of carbonyl (C=O) groups is 3. The molecule has 0 N–H and O–H groups in total. The normalized spacial score (nSPS) is 18.3. The molecule has 2 aliphatic heterocycles. The van der Waals surface area contributed by atoms with Crippen LogP contribution in [-0.4, -0.2) is 59.6 Å². The van der Waals surface area contributed by atoms with Crippen LogP contribution in [0.25, 0.3) is 6.08 Å². The minimum Gasteiger partial charge on any atom is -0.368 e. The molecule has 0 saturated carbocycles. The summed E-state index contributed by atoms with van der Waals surface area (Å²) in [5.74, 6) is -0.705. The van der Waals surface area contributed by atoms with E-state index in [2.05, 4.69) is 4.90 Å². The number of carbonyl (C=O) groups excluding carboxylic acids is 3. The molecule has 2 aromatic rings. The van der Waals surface area contributed by atoms with Crippen LogP contribution in [0.3, 0.4) is 0 Å². The molecule has 2 aromatic carbocycles. The van der Waals surface area contributed by atoms with Crippen molar-refractivity contribution in [3.8, 4) is 0 Å². The molecule has 0 bridgehead atoms. The van der Waals surface area contributed by atoms with Crippen LogP contribution in [-0.2, 0) is 9.59 Å². The second-order valence-electron chi connectivity index (χ2n) is 7.14. The van der Waals surface area contributed by atoms with Crippen LogP contribution in [0, 0.1) is 0 Å². The molecule has 0 radical (unpaired) electrons. The van der Waals surface area contributed by atoms with E-state index in [4.69, 9.17) is 23.2 Å². The van der Waals surface area contributed by atoms with Crippen molar-refractivity contribution >= 4 is 63.8 Å². The number of para-hydroxylation sites is 1. The van der Waals surface area contributed by atoms with Crippen LogP contribution in [0.2, 0.25) is 10.0 Å². The number of anilines is 1. The van der Waals surface area contributed by atoms with Crippen molar-refractivity contribution in [1.29, 1.82) is 0 Å². The Morgan fingerprint density at radius 3 is 2.35 bits per heavy atom. The summed E-state index contributed by atoms with van der Waals surface area (Å²) in [6.45, 7) is 2.24. The Labute approximate surface area is 194 Å². The summed E-state index contributed by atoms with van der Waals surface area (Å²) in [5, 5.41) is 0.317. The molecule has 2 heterocycles. The number of piperazine rings is 1. The minimum atomic E-state index is -0.475. The lowest BCUT2D eigenvalue weighted by Crippen LogP contribution is -2.51. The van der Waals surface area contributed by atoms with Gasteiger partial charge in [-0.15, -0.1) is 0 Å². The highest BCUT2D eigenvalue weighted by molar-refractivity contribution is 8.18. The molecule has 0 atom stereocenters. The molecular formula is C22H19Cl2N3O3S. The van der Waals surface area contributed by atoms with Gasteiger partial charge in [-0.3, -0.25) is 19.3 Å². The quantitative estimate of drug-likeness (QED) is 0.614. The fourth-order valence-corrected chi connectivity index (χ4v) is 4.62. The molecule has 4 rings (SSSR count). The molecule has 0 aliphatic carbocycles. The highest BCUT2D eigenvalue weighted by Crippen LogP contribution is 2.33. The van der Waals surface area contributed by atoms with Crippen molar-refractivity contribution in [1.82, 2.24) is 9.80 Å². The first kappa shape index (κ1) is 21.7. The van der Waals surface area contributed by atoms with Crippen LogP contribution in [0.15, 0.2) is 53.4 Å². The molecule has 2 fully saturated rings. The molecule has 160 valence electrons. The second-order valence-corrected chi connectivity index (χ2v) is 8.95. The van der Waals surface area contributed by atoms with Gasteiger partial charge in [-0.1, -0.05) is 47.5 Å². The predicted molar refractivity (Wildman–Crippen MR) is 124 cm³/mol. The van der Waals surface area contributed by atoms with Gasteiger partial charge in [0.1, 0.15) is 6.54 Å². The maximum atomic E-state index is 12.7. The van der Waals surface area contributed by atoms with Crippen molar-refractivity contribution in [3.63, 3.8) is 0 Å². The molecule has 3 amide bonds. The number of thioether (sulfide) groups is 1. The average Bonchev–Trinajstić information content (AvgIpc) is 3.04. The van der Waals surface area contributed by atoms with Gasteiger partial charge < -0.3 is 9.80 Å². The Bertz CT molecular complexity index is 1050. The van der Waals surface area contributed by atoms with E-state index in [0.717, 1.165) is 22.3 Å². The van der Waals surface area contributed by atoms with E-state index in [1.807, 2.05) is 30.3 Å². The zero-order valence-corrected chi connectivity index (χ0v) is 18.8. The fourth-order valence-electron chi connectivity index (χ4n) is 3.48. The van der Waals surface area contributed by atoms with Crippen molar-refractivity contribution in [3.05, 3.63) is 69.0 Å². The minimum absolute atomic E-state index is 0.231. The number of rotatable bonds is 4. The average molecular weight is 476 g/mol. The van der Waals surface area contributed by atoms with E-state index in [9.17, 15) is 14.4 Å². The number of nitrogens with zero attached hydrogens (tertiary/aromatic N) is 3. The Hall–Kier alpha value is -2.48. The summed E-state index contributed by atoms with van der Waals surface area (Å²) < 4.78 is 0. The van der Waals surface area contributed by atoms with Crippen LogP contribution >= 0.6 is 35.0 Å². The van der Waals surface area contributed by atoms with Gasteiger partial charge in [0.05, 0.1) is 15.0 Å². The van der Waals surface area contributed by atoms with Crippen LogP contribution < -0.4 is 4.90 Å². The third kappa shape index (κ3) is 4.89. The molecule has 6 nitrogen and oxygen atoms in total. The van der Waals surface area contributed by atoms with Gasteiger partial charge in [0.15, 0.2) is 0 Å². The molecule has 9 heteroatoms. The first-order valence-electron chi connectivity index (χ1n) is 9.70. The third-order valence-electron chi connectivity index (χ3n) is 5.16. The van der Waals surface area contributed by atoms with Crippen molar-refractivity contribution in [2.45, 2.75) is 0 Å². The number of hydrogen-bond donors (Lipinski definition) is 0. The topological polar surface area (TPSA) is 60.9 Å². The summed E-state index contributed by atoms with van der Waals surface area (Å²) >= 11 is 12.7. The second kappa shape index (κ2) is 9.34. The van der Waals surface area contributed by atoms with Gasteiger partial charge in [-0.2, -0.15) is 0 Å². The number of imide groups is 1. The zero-order valence-electron chi connectivity index (χ0n) is 16.5. The summed E-state index contributed by atoms with van der Waals surface area (Å²) in [6.07, 6.45) is 1.58. The van der Waals surface area contributed by atoms with Crippen molar-refractivity contribution < 1.29 is 14.4 Å². The van der Waals surface area contributed by atoms with Crippen LogP contribution in [0.5, 0.6) is 0 Å². The summed E-state index contributed by atoms with van der Waals surface area (Å²) in [7, 11) is 0. The Morgan fingerprint density at radius 1 is 0.968 bits per heavy atom. The Balaban J connectivity index is 1.37. The number of amides is 3. The highest BCUT2D eigenvalue weighted by atomic mass is 35.5. The monoisotopic (exact) mass is 475 g/mol. The summed E-state index contributed by atoms with van der Waals surface area (Å²) in [5.41, 5.74) is 1.77. The number of benzene rings is 2. The van der Waals surface area contributed by atoms with Crippen molar-refractivity contribution in [2.75, 3.05) is 37.6 Å². The Kier molecular flexibility index (Phi) is 6.55. The smallest absolute Gasteiger partial charge is 0.294 e. The van der Waals surface area contributed by atoms with E-state index in [1.165, 1.54) is 0 Å². The lowest BCUT2D eigenvalue weighted by atomic mass is 10.2. The Morgan fingerprint density at radius 2 is 1.68 bits per heavy atom. The van der Waals surface area contributed by atoms with E-state index < -0.39 is 11.1 Å². The first-order valence-corrected chi connectivity index (χ1v) is 11.3. The van der Waals surface area contributed by atoms with Crippen LogP contribution in [0.1, 0.15) is 5.56 Å². The summed E-state index contributed by atoms with van der Waals surface area (Å²) in [4.78, 5) is 43.0. The standard InChI is InChI=1S/C22H19Cl2N3O3S/c23-17-7-6-15(12-18(17)24)13-19-21(29)27(22(30)31-19)14-20(28)26-10-8-25(9-11-26)16-4-2-1-3-5-16/h1-7,12-13H,8-11,14H2. The van der Waals surface area contributed by atoms with Crippen LogP contribution in [0.4, 0.5) is 10.5 Å². The van der Waals surface area contributed by atoms with Gasteiger partial charge in [0.25, 0.3) is 11.1 Å². The zero-order chi connectivity index (χ0) is 22.0. The van der Waals surface area contributed by atoms with E-state index in [0.29, 0.717) is 41.8 Å². The lowest BCUT2D eigenvalue weighted by molar-refractivity contribution is -0.136. The molecule has 2 saturated heterocycles. The lowest BCUT2D eigenvalue weighted by Gasteiger charge is -2.36. The van der Waals surface area contributed by atoms with Gasteiger partial charge in [0, 0.05) is 31.9 Å². The molecule has 0 unspecified atom stereocenters. The predicted octanol–water partition coefficient (Wildman–Crippen LogP) is 4.38. The molecule has 2 aliphatic rings. The number of hydrogen-bond acceptors (Lipinski definition) is 5. The van der Waals surface area contributed by atoms with E-state index in [-0.39, 0.29) is 17.4 Å². The molecule has 0 spiro atoms. The third-order valence-corrected chi connectivity index (χ3v) is 6.81. The maximum absolute atomic E-state index is 12.7. The summed E-state index contributed by atoms with van der Waals surface area (Å²) in [6, 6.07) is 15.0. The van der Waals surface area contributed by atoms with Crippen molar-refractivity contribution in [2.24, 2.45) is 0 Å². The largest absolute Gasteiger partial charge is 0.368 e. The van der Waals surface area contributed by atoms with E-state index >= 15 is 0 Å².